The van der Waals surface area contributed by atoms with Crippen molar-refractivity contribution in [3.8, 4) is 5.69 Å². The fourth-order valence-corrected chi connectivity index (χ4v) is 3.20. The van der Waals surface area contributed by atoms with Crippen molar-refractivity contribution >= 4 is 16.9 Å². The Bertz CT molecular complexity index is 1120. The first-order valence-corrected chi connectivity index (χ1v) is 8.84. The van der Waals surface area contributed by atoms with E-state index in [0.29, 0.717) is 12.1 Å². The molecule has 5 heteroatoms. The maximum absolute atomic E-state index is 12.5. The molecule has 0 radical (unpaired) electrons. The van der Waals surface area contributed by atoms with Crippen LogP contribution in [0, 0.1) is 13.8 Å². The number of aromatic nitrogens is 3. The van der Waals surface area contributed by atoms with Crippen molar-refractivity contribution in [2.24, 2.45) is 0 Å². The molecule has 0 aliphatic rings. The molecule has 27 heavy (non-hydrogen) atoms. The smallest absolute Gasteiger partial charge is 0.251 e. The molecule has 0 aliphatic carbocycles. The highest BCUT2D eigenvalue weighted by Gasteiger charge is 2.11. The zero-order chi connectivity index (χ0) is 18.8. The van der Waals surface area contributed by atoms with Crippen LogP contribution in [0.15, 0.2) is 67.1 Å². The molecule has 0 spiro atoms. The molecule has 134 valence electrons. The Labute approximate surface area is 157 Å². The van der Waals surface area contributed by atoms with Crippen LogP contribution in [0.3, 0.4) is 0 Å². The molecule has 2 aromatic carbocycles. The monoisotopic (exact) mass is 356 g/mol. The molecule has 4 rings (SSSR count). The van der Waals surface area contributed by atoms with E-state index in [1.54, 1.807) is 12.5 Å². The number of carbonyl (C=O) groups is 1. The van der Waals surface area contributed by atoms with Gasteiger partial charge in [-0.05, 0) is 55.8 Å². The second-order valence-corrected chi connectivity index (χ2v) is 6.61. The summed E-state index contributed by atoms with van der Waals surface area (Å²) < 4.78 is 2.06. The highest BCUT2D eigenvalue weighted by atomic mass is 16.1. The zero-order valence-corrected chi connectivity index (χ0v) is 15.3. The summed E-state index contributed by atoms with van der Waals surface area (Å²) in [6.45, 7) is 4.57. The second kappa shape index (κ2) is 7.03. The summed E-state index contributed by atoms with van der Waals surface area (Å²) >= 11 is 0. The van der Waals surface area contributed by atoms with Gasteiger partial charge in [0, 0.05) is 11.8 Å². The Hall–Kier alpha value is -3.47. The van der Waals surface area contributed by atoms with Gasteiger partial charge in [-0.1, -0.05) is 23.8 Å². The van der Waals surface area contributed by atoms with E-state index >= 15 is 0 Å². The molecule has 0 aliphatic heterocycles. The number of carbonyl (C=O) groups excluding carboxylic acids is 1. The van der Waals surface area contributed by atoms with Gasteiger partial charge in [0.05, 0.1) is 29.0 Å². The molecule has 0 saturated carbocycles. The Kier molecular flexibility index (Phi) is 4.42. The third kappa shape index (κ3) is 3.44. The Balaban J connectivity index is 1.59. The van der Waals surface area contributed by atoms with E-state index in [2.05, 4.69) is 51.9 Å². The van der Waals surface area contributed by atoms with Crippen LogP contribution in [0.1, 0.15) is 27.2 Å². The first kappa shape index (κ1) is 17.0. The van der Waals surface area contributed by atoms with Crippen molar-refractivity contribution in [2.75, 3.05) is 0 Å². The number of pyridine rings is 1. The van der Waals surface area contributed by atoms with E-state index in [0.717, 1.165) is 22.4 Å². The lowest BCUT2D eigenvalue weighted by Crippen LogP contribution is -2.23. The van der Waals surface area contributed by atoms with E-state index in [-0.39, 0.29) is 5.91 Å². The largest absolute Gasteiger partial charge is 0.346 e. The quantitative estimate of drug-likeness (QED) is 0.602. The minimum absolute atomic E-state index is 0.136. The van der Waals surface area contributed by atoms with Crippen LogP contribution in [0.5, 0.6) is 0 Å². The first-order chi connectivity index (χ1) is 13.1. The fourth-order valence-electron chi connectivity index (χ4n) is 3.20. The van der Waals surface area contributed by atoms with E-state index in [1.807, 2.05) is 36.4 Å². The average Bonchev–Trinajstić information content (AvgIpc) is 3.10. The van der Waals surface area contributed by atoms with Crippen molar-refractivity contribution in [2.45, 2.75) is 20.4 Å². The van der Waals surface area contributed by atoms with Crippen molar-refractivity contribution in [3.05, 3.63) is 89.5 Å². The number of hydrogen-bond acceptors (Lipinski definition) is 3. The highest BCUT2D eigenvalue weighted by molar-refractivity contribution is 5.97. The molecule has 0 saturated heterocycles. The number of rotatable bonds is 4. The van der Waals surface area contributed by atoms with Gasteiger partial charge in [0.2, 0.25) is 0 Å². The molecule has 5 nitrogen and oxygen atoms in total. The molecule has 1 amide bonds. The molecule has 0 atom stereocenters. The van der Waals surface area contributed by atoms with Crippen molar-refractivity contribution in [3.63, 3.8) is 0 Å². The fraction of sp³-hybridized carbons (Fsp3) is 0.136. The number of benzene rings is 2. The molecule has 1 N–H and O–H groups in total. The second-order valence-electron chi connectivity index (χ2n) is 6.61. The van der Waals surface area contributed by atoms with Gasteiger partial charge in [0.25, 0.3) is 5.91 Å². The van der Waals surface area contributed by atoms with Gasteiger partial charge in [-0.25, -0.2) is 4.98 Å². The lowest BCUT2D eigenvalue weighted by Gasteiger charge is -2.09. The maximum atomic E-state index is 12.5. The molecule has 2 aromatic heterocycles. The van der Waals surface area contributed by atoms with Crippen LogP contribution in [0.4, 0.5) is 0 Å². The normalized spacial score (nSPS) is 10.9. The third-order valence-corrected chi connectivity index (χ3v) is 4.58. The van der Waals surface area contributed by atoms with Crippen LogP contribution in [0.2, 0.25) is 0 Å². The van der Waals surface area contributed by atoms with Gasteiger partial charge in [-0.15, -0.1) is 0 Å². The Morgan fingerprint density at radius 2 is 1.93 bits per heavy atom. The molecule has 0 bridgehead atoms. The Morgan fingerprint density at radius 1 is 1.04 bits per heavy atom. The van der Waals surface area contributed by atoms with Crippen molar-refractivity contribution < 1.29 is 4.79 Å². The van der Waals surface area contributed by atoms with Crippen LogP contribution < -0.4 is 5.32 Å². The average molecular weight is 356 g/mol. The van der Waals surface area contributed by atoms with Crippen LogP contribution in [-0.2, 0) is 6.54 Å². The molecule has 2 heterocycles. The summed E-state index contributed by atoms with van der Waals surface area (Å²) in [6.07, 6.45) is 3.52. The minimum atomic E-state index is -0.136. The van der Waals surface area contributed by atoms with Gasteiger partial charge in [-0.2, -0.15) is 0 Å². The molecule has 4 aromatic rings. The van der Waals surface area contributed by atoms with E-state index in [9.17, 15) is 4.79 Å². The zero-order valence-electron chi connectivity index (χ0n) is 15.3. The van der Waals surface area contributed by atoms with Crippen molar-refractivity contribution in [1.29, 1.82) is 0 Å². The predicted molar refractivity (Wildman–Crippen MR) is 106 cm³/mol. The number of aryl methyl sites for hydroxylation is 2. The number of imidazole rings is 1. The molecular weight excluding hydrogens is 336 g/mol. The molecule has 0 fully saturated rings. The van der Waals surface area contributed by atoms with E-state index in [4.69, 9.17) is 0 Å². The molecular formula is C22H20N4O. The summed E-state index contributed by atoms with van der Waals surface area (Å²) in [5.74, 6) is -0.136. The summed E-state index contributed by atoms with van der Waals surface area (Å²) in [4.78, 5) is 21.2. The summed E-state index contributed by atoms with van der Waals surface area (Å²) in [7, 11) is 0. The summed E-state index contributed by atoms with van der Waals surface area (Å²) in [6, 6.07) is 17.6. The van der Waals surface area contributed by atoms with Crippen LogP contribution in [-0.4, -0.2) is 20.4 Å². The topological polar surface area (TPSA) is 59.8 Å². The van der Waals surface area contributed by atoms with Gasteiger partial charge in [0.15, 0.2) is 0 Å². The van der Waals surface area contributed by atoms with Gasteiger partial charge >= 0.3 is 0 Å². The summed E-state index contributed by atoms with van der Waals surface area (Å²) in [5, 5.41) is 2.90. The first-order valence-electron chi connectivity index (χ1n) is 8.84. The SMILES string of the molecule is Cc1ccc(-n2cnc3cc(C(=O)NCc4ccccn4)ccc32)c(C)c1. The number of nitrogens with one attached hydrogen (secondary N) is 1. The number of nitrogens with zero attached hydrogens (tertiary/aromatic N) is 3. The number of hydrogen-bond donors (Lipinski definition) is 1. The van der Waals surface area contributed by atoms with Crippen LogP contribution in [0.25, 0.3) is 16.7 Å². The molecule has 0 unspecified atom stereocenters. The van der Waals surface area contributed by atoms with Gasteiger partial charge < -0.3 is 5.32 Å². The van der Waals surface area contributed by atoms with Crippen LogP contribution >= 0.6 is 0 Å². The third-order valence-electron chi connectivity index (χ3n) is 4.58. The maximum Gasteiger partial charge on any atom is 0.251 e. The Morgan fingerprint density at radius 3 is 2.70 bits per heavy atom. The van der Waals surface area contributed by atoms with Gasteiger partial charge in [-0.3, -0.25) is 14.3 Å². The predicted octanol–water partition coefficient (Wildman–Crippen LogP) is 3.97. The van der Waals surface area contributed by atoms with Crippen molar-refractivity contribution in [1.82, 2.24) is 19.9 Å². The lowest BCUT2D eigenvalue weighted by molar-refractivity contribution is 0.0950. The highest BCUT2D eigenvalue weighted by Crippen LogP contribution is 2.22. The lowest BCUT2D eigenvalue weighted by atomic mass is 10.1. The minimum Gasteiger partial charge on any atom is -0.346 e. The van der Waals surface area contributed by atoms with Gasteiger partial charge in [0.1, 0.15) is 6.33 Å². The van der Waals surface area contributed by atoms with E-state index < -0.39 is 0 Å². The number of fused-ring (bicyclic) bond motifs is 1. The summed E-state index contributed by atoms with van der Waals surface area (Å²) in [5.41, 5.74) is 6.69. The standard InChI is InChI=1S/C22H20N4O/c1-15-6-8-20(16(2)11-15)26-14-25-19-12-17(7-9-21(19)26)22(27)24-13-18-5-3-4-10-23-18/h3-12,14H,13H2,1-2H3,(H,24,27). The number of amides is 1. The van der Waals surface area contributed by atoms with E-state index in [1.165, 1.54) is 11.1 Å².